The van der Waals surface area contributed by atoms with E-state index in [0.29, 0.717) is 0 Å². The quantitative estimate of drug-likeness (QED) is 0.574. The van der Waals surface area contributed by atoms with Crippen LogP contribution in [0.4, 0.5) is 0 Å². The molecule has 0 aromatic carbocycles. The van der Waals surface area contributed by atoms with Gasteiger partial charge in [-0.2, -0.15) is 11.8 Å². The Morgan fingerprint density at radius 3 is 2.53 bits per heavy atom. The molecule has 0 amide bonds. The standard InChI is InChI=1S/C15H31NS/c1-3-5-6-7-8-9-12-16-14-10-11-15(13-14)17-4-2/h14-16H,3-13H2,1-2H3. The molecule has 1 fully saturated rings. The molecule has 1 aliphatic carbocycles. The highest BCUT2D eigenvalue weighted by molar-refractivity contribution is 7.99. The topological polar surface area (TPSA) is 12.0 Å². The SMILES string of the molecule is CCCCCCCCNC1CCC(SCC)C1. The second kappa shape index (κ2) is 10.3. The Labute approximate surface area is 113 Å². The largest absolute Gasteiger partial charge is 0.314 e. The molecule has 0 saturated heterocycles. The molecular weight excluding hydrogens is 226 g/mol. The minimum absolute atomic E-state index is 0.828. The van der Waals surface area contributed by atoms with Gasteiger partial charge in [0, 0.05) is 11.3 Å². The Hall–Kier alpha value is 0.310. The van der Waals surface area contributed by atoms with Crippen molar-refractivity contribution in [2.24, 2.45) is 0 Å². The van der Waals surface area contributed by atoms with Crippen LogP contribution in [0.25, 0.3) is 0 Å². The zero-order valence-corrected chi connectivity index (χ0v) is 12.7. The van der Waals surface area contributed by atoms with E-state index in [0.717, 1.165) is 11.3 Å². The summed E-state index contributed by atoms with van der Waals surface area (Å²) >= 11 is 2.16. The van der Waals surface area contributed by atoms with E-state index in [-0.39, 0.29) is 0 Å². The van der Waals surface area contributed by atoms with E-state index in [2.05, 4.69) is 30.9 Å². The molecule has 0 aromatic rings. The van der Waals surface area contributed by atoms with Crippen molar-refractivity contribution in [3.63, 3.8) is 0 Å². The van der Waals surface area contributed by atoms with Gasteiger partial charge in [-0.15, -0.1) is 0 Å². The summed E-state index contributed by atoms with van der Waals surface area (Å²) in [5.41, 5.74) is 0. The van der Waals surface area contributed by atoms with Gasteiger partial charge < -0.3 is 5.32 Å². The number of hydrogen-bond donors (Lipinski definition) is 1. The van der Waals surface area contributed by atoms with Crippen LogP contribution in [0.2, 0.25) is 0 Å². The van der Waals surface area contributed by atoms with Crippen LogP contribution in [-0.2, 0) is 0 Å². The maximum absolute atomic E-state index is 3.75. The van der Waals surface area contributed by atoms with Gasteiger partial charge in [0.2, 0.25) is 0 Å². The summed E-state index contributed by atoms with van der Waals surface area (Å²) in [5.74, 6) is 1.29. The molecule has 0 aliphatic heterocycles. The van der Waals surface area contributed by atoms with Crippen LogP contribution < -0.4 is 5.32 Å². The molecule has 2 atom stereocenters. The third kappa shape index (κ3) is 7.35. The summed E-state index contributed by atoms with van der Waals surface area (Å²) in [6.07, 6.45) is 12.7. The van der Waals surface area contributed by atoms with Crippen molar-refractivity contribution in [2.45, 2.75) is 82.9 Å². The van der Waals surface area contributed by atoms with Gasteiger partial charge in [-0.3, -0.25) is 0 Å². The molecular formula is C15H31NS. The van der Waals surface area contributed by atoms with Gasteiger partial charge in [0.15, 0.2) is 0 Å². The summed E-state index contributed by atoms with van der Waals surface area (Å²) in [6, 6.07) is 0.828. The number of thioether (sulfide) groups is 1. The van der Waals surface area contributed by atoms with Crippen LogP contribution in [0.5, 0.6) is 0 Å². The molecule has 17 heavy (non-hydrogen) atoms. The van der Waals surface area contributed by atoms with E-state index in [1.54, 1.807) is 0 Å². The van der Waals surface area contributed by atoms with Gasteiger partial charge in [0.05, 0.1) is 0 Å². The van der Waals surface area contributed by atoms with E-state index in [1.807, 2.05) is 0 Å². The maximum atomic E-state index is 3.75. The second-order valence-corrected chi connectivity index (χ2v) is 6.89. The first kappa shape index (κ1) is 15.4. The van der Waals surface area contributed by atoms with Crippen molar-refractivity contribution < 1.29 is 0 Å². The van der Waals surface area contributed by atoms with E-state index < -0.39 is 0 Å². The monoisotopic (exact) mass is 257 g/mol. The van der Waals surface area contributed by atoms with Crippen LogP contribution >= 0.6 is 11.8 Å². The van der Waals surface area contributed by atoms with Gasteiger partial charge in [-0.05, 0) is 38.0 Å². The second-order valence-electron chi connectivity index (χ2n) is 5.31. The summed E-state index contributed by atoms with van der Waals surface area (Å²) in [7, 11) is 0. The normalized spacial score (nSPS) is 24.4. The van der Waals surface area contributed by atoms with E-state index in [9.17, 15) is 0 Å². The molecule has 0 spiro atoms. The highest BCUT2D eigenvalue weighted by Gasteiger charge is 2.23. The van der Waals surface area contributed by atoms with Crippen molar-refractivity contribution in [2.75, 3.05) is 12.3 Å². The molecule has 2 unspecified atom stereocenters. The lowest BCUT2D eigenvalue weighted by molar-refractivity contribution is 0.498. The summed E-state index contributed by atoms with van der Waals surface area (Å²) in [6.45, 7) is 5.81. The Morgan fingerprint density at radius 2 is 1.76 bits per heavy atom. The van der Waals surface area contributed by atoms with E-state index in [1.165, 1.54) is 70.1 Å². The first-order valence-corrected chi connectivity index (χ1v) is 8.76. The van der Waals surface area contributed by atoms with Crippen molar-refractivity contribution in [1.82, 2.24) is 5.32 Å². The fourth-order valence-electron chi connectivity index (χ4n) is 2.72. The number of hydrogen-bond acceptors (Lipinski definition) is 2. The van der Waals surface area contributed by atoms with Crippen LogP contribution in [0, 0.1) is 0 Å². The smallest absolute Gasteiger partial charge is 0.00779 e. The molecule has 0 aromatic heterocycles. The number of nitrogens with one attached hydrogen (secondary N) is 1. The van der Waals surface area contributed by atoms with Crippen molar-refractivity contribution in [1.29, 1.82) is 0 Å². The average molecular weight is 257 g/mol. The minimum atomic E-state index is 0.828. The zero-order chi connectivity index (χ0) is 12.3. The third-order valence-corrected chi connectivity index (χ3v) is 4.98. The van der Waals surface area contributed by atoms with Gasteiger partial charge in [0.25, 0.3) is 0 Å². The van der Waals surface area contributed by atoms with Crippen LogP contribution in [0.1, 0.15) is 71.6 Å². The Bertz CT molecular complexity index is 172. The molecule has 0 bridgehead atoms. The summed E-state index contributed by atoms with van der Waals surface area (Å²) in [5, 5.41) is 4.69. The van der Waals surface area contributed by atoms with Gasteiger partial charge in [0.1, 0.15) is 0 Å². The summed E-state index contributed by atoms with van der Waals surface area (Å²) < 4.78 is 0. The predicted octanol–water partition coefficient (Wildman–Crippen LogP) is 4.61. The molecule has 1 N–H and O–H groups in total. The third-order valence-electron chi connectivity index (χ3n) is 3.75. The van der Waals surface area contributed by atoms with E-state index >= 15 is 0 Å². The van der Waals surface area contributed by atoms with Gasteiger partial charge in [-0.1, -0.05) is 46.0 Å². The molecule has 0 radical (unpaired) electrons. The molecule has 0 heterocycles. The maximum Gasteiger partial charge on any atom is 0.00779 e. The van der Waals surface area contributed by atoms with Crippen LogP contribution in [0.3, 0.4) is 0 Å². The molecule has 1 nitrogen and oxygen atoms in total. The molecule has 1 rings (SSSR count). The molecule has 1 saturated carbocycles. The number of unbranched alkanes of at least 4 members (excludes halogenated alkanes) is 5. The van der Waals surface area contributed by atoms with Crippen molar-refractivity contribution in [3.05, 3.63) is 0 Å². The Kier molecular flexibility index (Phi) is 9.27. The lowest BCUT2D eigenvalue weighted by Gasteiger charge is -2.12. The molecule has 1 aliphatic rings. The summed E-state index contributed by atoms with van der Waals surface area (Å²) in [4.78, 5) is 0. The van der Waals surface area contributed by atoms with Crippen LogP contribution in [0.15, 0.2) is 0 Å². The highest BCUT2D eigenvalue weighted by atomic mass is 32.2. The number of rotatable bonds is 10. The molecule has 102 valence electrons. The van der Waals surface area contributed by atoms with E-state index in [4.69, 9.17) is 0 Å². The fourth-order valence-corrected chi connectivity index (χ4v) is 3.87. The molecule has 2 heteroatoms. The lowest BCUT2D eigenvalue weighted by atomic mass is 10.1. The lowest BCUT2D eigenvalue weighted by Crippen LogP contribution is -2.27. The fraction of sp³-hybridized carbons (Fsp3) is 1.00. The predicted molar refractivity (Wildman–Crippen MR) is 80.9 cm³/mol. The first-order valence-electron chi connectivity index (χ1n) is 7.71. The van der Waals surface area contributed by atoms with Crippen molar-refractivity contribution >= 4 is 11.8 Å². The minimum Gasteiger partial charge on any atom is -0.314 e. The van der Waals surface area contributed by atoms with Gasteiger partial charge >= 0.3 is 0 Å². The average Bonchev–Trinajstić information content (AvgIpc) is 2.76. The highest BCUT2D eigenvalue weighted by Crippen LogP contribution is 2.29. The van der Waals surface area contributed by atoms with Gasteiger partial charge in [-0.25, -0.2) is 0 Å². The van der Waals surface area contributed by atoms with Crippen LogP contribution in [-0.4, -0.2) is 23.6 Å². The Morgan fingerprint density at radius 1 is 1.00 bits per heavy atom. The van der Waals surface area contributed by atoms with Crippen molar-refractivity contribution in [3.8, 4) is 0 Å². The zero-order valence-electron chi connectivity index (χ0n) is 11.8. The Balaban J connectivity index is 1.87. The first-order chi connectivity index (χ1) is 8.36.